The van der Waals surface area contributed by atoms with E-state index >= 15 is 0 Å². The van der Waals surface area contributed by atoms with Crippen molar-refractivity contribution in [1.29, 1.82) is 0 Å². The lowest BCUT2D eigenvalue weighted by Crippen LogP contribution is -2.65. The van der Waals surface area contributed by atoms with Gasteiger partial charge >= 0.3 is 6.18 Å². The van der Waals surface area contributed by atoms with Gasteiger partial charge in [-0.2, -0.15) is 13.2 Å². The van der Waals surface area contributed by atoms with Crippen molar-refractivity contribution in [1.82, 2.24) is 14.4 Å². The zero-order valence-electron chi connectivity index (χ0n) is 20.8. The smallest absolute Gasteiger partial charge is 0.372 e. The molecule has 1 aliphatic rings. The number of likely N-dealkylation sites (tertiary alicyclic amines) is 1. The SMILES string of the molecule is Cc1c(Cl)cccc1C1(Nc2ccc3ccn(CC(F)(F)F)c(=O)c3c2)CN(C(=O)/C=C/CN(C)C)C1. The third-order valence-corrected chi connectivity index (χ3v) is 6.87. The van der Waals surface area contributed by atoms with Crippen LogP contribution in [0.25, 0.3) is 10.8 Å². The number of aromatic nitrogens is 1. The number of amides is 1. The molecular formula is C27H28ClF3N4O2. The number of benzene rings is 2. The molecule has 1 amide bonds. The van der Waals surface area contributed by atoms with Crippen LogP contribution in [0.3, 0.4) is 0 Å². The van der Waals surface area contributed by atoms with Gasteiger partial charge in [-0.3, -0.25) is 9.59 Å². The summed E-state index contributed by atoms with van der Waals surface area (Å²) in [4.78, 5) is 29.2. The highest BCUT2D eigenvalue weighted by atomic mass is 35.5. The number of halogens is 4. The van der Waals surface area contributed by atoms with Gasteiger partial charge in [-0.05, 0) is 61.8 Å². The molecule has 0 unspecified atom stereocenters. The highest BCUT2D eigenvalue weighted by Gasteiger charge is 2.47. The number of hydrogen-bond acceptors (Lipinski definition) is 4. The summed E-state index contributed by atoms with van der Waals surface area (Å²) in [5.41, 5.74) is 0.920. The van der Waals surface area contributed by atoms with Crippen LogP contribution in [0.5, 0.6) is 0 Å². The Labute approximate surface area is 217 Å². The van der Waals surface area contributed by atoms with Gasteiger partial charge in [-0.25, -0.2) is 0 Å². The van der Waals surface area contributed by atoms with Crippen LogP contribution in [-0.2, 0) is 16.9 Å². The highest BCUT2D eigenvalue weighted by molar-refractivity contribution is 6.31. The molecule has 0 radical (unpaired) electrons. The van der Waals surface area contributed by atoms with Crippen molar-refractivity contribution in [3.05, 3.63) is 87.3 Å². The normalized spacial score (nSPS) is 15.4. The summed E-state index contributed by atoms with van der Waals surface area (Å²) >= 11 is 6.41. The third kappa shape index (κ3) is 5.83. The van der Waals surface area contributed by atoms with E-state index in [4.69, 9.17) is 11.6 Å². The van der Waals surface area contributed by atoms with Gasteiger partial charge in [0.25, 0.3) is 5.56 Å². The van der Waals surface area contributed by atoms with E-state index in [1.807, 2.05) is 38.1 Å². The number of anilines is 1. The first-order chi connectivity index (χ1) is 17.4. The maximum Gasteiger partial charge on any atom is 0.406 e. The predicted molar refractivity (Wildman–Crippen MR) is 140 cm³/mol. The maximum absolute atomic E-state index is 12.9. The summed E-state index contributed by atoms with van der Waals surface area (Å²) in [7, 11) is 3.83. The van der Waals surface area contributed by atoms with E-state index in [2.05, 4.69) is 5.32 Å². The fourth-order valence-corrected chi connectivity index (χ4v) is 4.80. The van der Waals surface area contributed by atoms with Crippen molar-refractivity contribution >= 4 is 34.0 Å². The Kier molecular flexibility index (Phi) is 7.39. The largest absolute Gasteiger partial charge is 0.406 e. The molecule has 0 aliphatic carbocycles. The fraction of sp³-hybridized carbons (Fsp3) is 0.333. The van der Waals surface area contributed by atoms with Gasteiger partial charge in [0.1, 0.15) is 6.54 Å². The molecule has 2 aromatic carbocycles. The molecule has 0 atom stereocenters. The number of rotatable bonds is 7. The Morgan fingerprint density at radius 1 is 1.19 bits per heavy atom. The van der Waals surface area contributed by atoms with Crippen molar-refractivity contribution < 1.29 is 18.0 Å². The average molecular weight is 533 g/mol. The van der Waals surface area contributed by atoms with Crippen molar-refractivity contribution in [3.63, 3.8) is 0 Å². The van der Waals surface area contributed by atoms with Crippen molar-refractivity contribution in [2.24, 2.45) is 0 Å². The van der Waals surface area contributed by atoms with E-state index in [-0.39, 0.29) is 11.3 Å². The fourth-order valence-electron chi connectivity index (χ4n) is 4.62. The van der Waals surface area contributed by atoms with Gasteiger partial charge in [0.05, 0.1) is 18.6 Å². The molecule has 4 rings (SSSR count). The molecule has 196 valence electrons. The predicted octanol–water partition coefficient (Wildman–Crippen LogP) is 4.79. The Hall–Kier alpha value is -3.30. The Morgan fingerprint density at radius 2 is 1.92 bits per heavy atom. The summed E-state index contributed by atoms with van der Waals surface area (Å²) in [5.74, 6) is -0.118. The van der Waals surface area contributed by atoms with Gasteiger partial charge in [0.15, 0.2) is 0 Å². The molecule has 1 fully saturated rings. The summed E-state index contributed by atoms with van der Waals surface area (Å²) < 4.78 is 39.5. The summed E-state index contributed by atoms with van der Waals surface area (Å²) in [6.45, 7) is 1.89. The third-order valence-electron chi connectivity index (χ3n) is 6.46. The zero-order chi connectivity index (χ0) is 27.0. The summed E-state index contributed by atoms with van der Waals surface area (Å²) in [5, 5.41) is 4.77. The Balaban J connectivity index is 1.67. The molecule has 0 bridgehead atoms. The van der Waals surface area contributed by atoms with Crippen LogP contribution in [0.15, 0.2) is 65.6 Å². The van der Waals surface area contributed by atoms with Gasteiger partial charge in [0.2, 0.25) is 5.91 Å². The van der Waals surface area contributed by atoms with Crippen molar-refractivity contribution in [2.75, 3.05) is 39.0 Å². The van der Waals surface area contributed by atoms with Gasteiger partial charge in [0, 0.05) is 34.9 Å². The number of nitrogens with one attached hydrogen (secondary N) is 1. The number of fused-ring (bicyclic) bond motifs is 1. The molecule has 2 heterocycles. The molecule has 6 nitrogen and oxygen atoms in total. The first kappa shape index (κ1) is 26.8. The van der Waals surface area contributed by atoms with Crippen molar-refractivity contribution in [3.8, 4) is 0 Å². The summed E-state index contributed by atoms with van der Waals surface area (Å²) in [6.07, 6.45) is -0.00461. The lowest BCUT2D eigenvalue weighted by molar-refractivity contribution is -0.141. The Morgan fingerprint density at radius 3 is 2.59 bits per heavy atom. The van der Waals surface area contributed by atoms with Crippen LogP contribution < -0.4 is 10.9 Å². The van der Waals surface area contributed by atoms with Gasteiger partial charge in [-0.15, -0.1) is 0 Å². The van der Waals surface area contributed by atoms with Gasteiger partial charge in [-0.1, -0.05) is 35.9 Å². The number of likely N-dealkylation sites (N-methyl/N-ethyl adjacent to an activating group) is 1. The standard InChI is InChI=1S/C27H28ClF3N4O2/c1-18-22(6-4-7-23(18)28)26(15-35(16-26)24(36)8-5-12-33(2)3)32-20-10-9-19-11-13-34(17-27(29,30)31)25(37)21(19)14-20/h4-11,13-14,32H,12,15-17H2,1-3H3/b8-5+. The second-order valence-corrected chi connectivity index (χ2v) is 10.1. The lowest BCUT2D eigenvalue weighted by Gasteiger charge is -2.51. The van der Waals surface area contributed by atoms with Crippen LogP contribution in [0.2, 0.25) is 5.02 Å². The van der Waals surface area contributed by atoms with Crippen LogP contribution >= 0.6 is 11.6 Å². The molecule has 1 aromatic heterocycles. The molecule has 0 saturated carbocycles. The first-order valence-corrected chi connectivity index (χ1v) is 12.1. The lowest BCUT2D eigenvalue weighted by atomic mass is 9.79. The van der Waals surface area contributed by atoms with E-state index in [1.165, 1.54) is 6.07 Å². The van der Waals surface area contributed by atoms with Gasteiger partial charge < -0.3 is 19.7 Å². The number of carbonyl (C=O) groups is 1. The molecule has 1 saturated heterocycles. The molecule has 1 N–H and O–H groups in total. The van der Waals surface area contributed by atoms with E-state index in [9.17, 15) is 22.8 Å². The highest BCUT2D eigenvalue weighted by Crippen LogP contribution is 2.39. The van der Waals surface area contributed by atoms with Crippen LogP contribution in [0, 0.1) is 6.92 Å². The molecule has 0 spiro atoms. The van der Waals surface area contributed by atoms with E-state index in [1.54, 1.807) is 41.3 Å². The number of alkyl halides is 3. The number of nitrogens with zero attached hydrogens (tertiary/aromatic N) is 3. The Bertz CT molecular complexity index is 1410. The molecule has 3 aromatic rings. The maximum atomic E-state index is 12.9. The number of pyridine rings is 1. The van der Waals surface area contributed by atoms with Crippen LogP contribution in [-0.4, -0.2) is 60.2 Å². The second-order valence-electron chi connectivity index (χ2n) is 9.64. The van der Waals surface area contributed by atoms with E-state index in [0.29, 0.717) is 40.3 Å². The number of hydrogen-bond donors (Lipinski definition) is 1. The molecular weight excluding hydrogens is 505 g/mol. The minimum Gasteiger partial charge on any atom is -0.372 e. The minimum absolute atomic E-state index is 0.118. The molecule has 1 aliphatic heterocycles. The summed E-state index contributed by atoms with van der Waals surface area (Å²) in [6, 6.07) is 12.1. The second kappa shape index (κ2) is 10.2. The molecule has 10 heteroatoms. The van der Waals surface area contributed by atoms with E-state index < -0.39 is 23.8 Å². The monoisotopic (exact) mass is 532 g/mol. The van der Waals surface area contributed by atoms with Crippen LogP contribution in [0.1, 0.15) is 11.1 Å². The zero-order valence-corrected chi connectivity index (χ0v) is 21.5. The average Bonchev–Trinajstić information content (AvgIpc) is 2.79. The topological polar surface area (TPSA) is 57.6 Å². The minimum atomic E-state index is -4.51. The number of carbonyl (C=O) groups excluding carboxylic acids is 1. The first-order valence-electron chi connectivity index (χ1n) is 11.7. The quantitative estimate of drug-likeness (QED) is 0.444. The van der Waals surface area contributed by atoms with E-state index in [0.717, 1.165) is 17.3 Å². The van der Waals surface area contributed by atoms with Crippen LogP contribution in [0.4, 0.5) is 18.9 Å². The molecule has 37 heavy (non-hydrogen) atoms. The van der Waals surface area contributed by atoms with Crippen molar-refractivity contribution in [2.45, 2.75) is 25.2 Å².